The van der Waals surface area contributed by atoms with E-state index in [2.05, 4.69) is 4.99 Å². The van der Waals surface area contributed by atoms with E-state index in [4.69, 9.17) is 5.73 Å². The van der Waals surface area contributed by atoms with E-state index >= 15 is 0 Å². The van der Waals surface area contributed by atoms with Crippen LogP contribution < -0.4 is 5.73 Å². The lowest BCUT2D eigenvalue weighted by atomic mass is 9.88. The molecule has 1 amide bonds. The molecule has 1 atom stereocenters. The minimum absolute atomic E-state index is 0.222. The number of hydrogen-bond acceptors (Lipinski definition) is 2. The van der Waals surface area contributed by atoms with Gasteiger partial charge in [-0.25, -0.2) is 0 Å². The van der Waals surface area contributed by atoms with Crippen LogP contribution in [0.3, 0.4) is 0 Å². The number of carbonyl (C=O) groups is 1. The molecule has 2 fully saturated rings. The van der Waals surface area contributed by atoms with Gasteiger partial charge in [-0.05, 0) is 19.3 Å². The average Bonchev–Trinajstić information content (AvgIpc) is 2.35. The molecule has 17 heavy (non-hydrogen) atoms. The van der Waals surface area contributed by atoms with Crippen LogP contribution in [0.15, 0.2) is 4.99 Å². The van der Waals surface area contributed by atoms with Crippen molar-refractivity contribution in [2.45, 2.75) is 51.0 Å². The minimum Gasteiger partial charge on any atom is -0.387 e. The predicted molar refractivity (Wildman–Crippen MR) is 68.9 cm³/mol. The van der Waals surface area contributed by atoms with E-state index in [9.17, 15) is 4.79 Å². The van der Waals surface area contributed by atoms with Crippen molar-refractivity contribution < 1.29 is 4.79 Å². The lowest BCUT2D eigenvalue weighted by Crippen LogP contribution is -2.40. The summed E-state index contributed by atoms with van der Waals surface area (Å²) in [5.41, 5.74) is 6.11. The normalized spacial score (nSPS) is 28.5. The standard InChI is InChI=1S/C13H23N3O/c1-16-9-11(7-8-12(16)17)15-13(14)10-5-3-2-4-6-10/h10-11H,2-9H2,1H3,(H2,14,15). The number of nitrogens with two attached hydrogens (primary N) is 1. The maximum Gasteiger partial charge on any atom is 0.222 e. The zero-order valence-corrected chi connectivity index (χ0v) is 10.7. The van der Waals surface area contributed by atoms with Gasteiger partial charge in [-0.1, -0.05) is 19.3 Å². The van der Waals surface area contributed by atoms with E-state index < -0.39 is 0 Å². The minimum atomic E-state index is 0.222. The summed E-state index contributed by atoms with van der Waals surface area (Å²) in [6.45, 7) is 0.728. The number of likely N-dealkylation sites (tertiary alicyclic amines) is 1. The first-order valence-corrected chi connectivity index (χ1v) is 6.74. The summed E-state index contributed by atoms with van der Waals surface area (Å²) < 4.78 is 0. The van der Waals surface area contributed by atoms with Crippen LogP contribution in [0.2, 0.25) is 0 Å². The Balaban J connectivity index is 1.91. The van der Waals surface area contributed by atoms with E-state index in [1.807, 2.05) is 7.05 Å². The number of hydrogen-bond donors (Lipinski definition) is 1. The number of amidine groups is 1. The predicted octanol–water partition coefficient (Wildman–Crippen LogP) is 1.54. The summed E-state index contributed by atoms with van der Waals surface area (Å²) >= 11 is 0. The molecule has 0 aromatic carbocycles. The largest absolute Gasteiger partial charge is 0.387 e. The highest BCUT2D eigenvalue weighted by molar-refractivity contribution is 5.83. The quantitative estimate of drug-likeness (QED) is 0.585. The summed E-state index contributed by atoms with van der Waals surface area (Å²) in [7, 11) is 1.85. The molecule has 2 rings (SSSR count). The molecule has 1 unspecified atom stereocenters. The Kier molecular flexibility index (Phi) is 4.02. The fraction of sp³-hybridized carbons (Fsp3) is 0.846. The van der Waals surface area contributed by atoms with Crippen molar-refractivity contribution in [2.24, 2.45) is 16.6 Å². The van der Waals surface area contributed by atoms with Crippen molar-refractivity contribution in [2.75, 3.05) is 13.6 Å². The molecule has 0 radical (unpaired) electrons. The summed E-state index contributed by atoms with van der Waals surface area (Å²) in [4.78, 5) is 17.8. The molecule has 1 heterocycles. The van der Waals surface area contributed by atoms with Gasteiger partial charge < -0.3 is 10.6 Å². The van der Waals surface area contributed by atoms with Gasteiger partial charge in [-0.3, -0.25) is 9.79 Å². The maximum atomic E-state index is 11.4. The highest BCUT2D eigenvalue weighted by Gasteiger charge is 2.24. The fourth-order valence-electron chi connectivity index (χ4n) is 2.81. The summed E-state index contributed by atoms with van der Waals surface area (Å²) in [5, 5.41) is 0. The van der Waals surface area contributed by atoms with Gasteiger partial charge in [-0.2, -0.15) is 0 Å². The van der Waals surface area contributed by atoms with Crippen LogP contribution in [-0.2, 0) is 4.79 Å². The van der Waals surface area contributed by atoms with Gasteiger partial charge in [0.05, 0.1) is 11.9 Å². The molecule has 0 aromatic rings. The third-order valence-electron chi connectivity index (χ3n) is 3.96. The van der Waals surface area contributed by atoms with Crippen molar-refractivity contribution in [3.05, 3.63) is 0 Å². The van der Waals surface area contributed by atoms with Crippen molar-refractivity contribution in [1.82, 2.24) is 4.90 Å². The molecule has 4 heteroatoms. The SMILES string of the molecule is CN1CC(N=C(N)C2CCCCC2)CCC1=O. The molecule has 0 aromatic heterocycles. The first kappa shape index (κ1) is 12.4. The van der Waals surface area contributed by atoms with Crippen LogP contribution in [0.25, 0.3) is 0 Å². The van der Waals surface area contributed by atoms with Crippen LogP contribution in [0.1, 0.15) is 44.9 Å². The highest BCUT2D eigenvalue weighted by Crippen LogP contribution is 2.24. The molecule has 1 saturated carbocycles. The number of nitrogens with zero attached hydrogens (tertiary/aromatic N) is 2. The molecule has 1 aliphatic heterocycles. The zero-order valence-electron chi connectivity index (χ0n) is 10.7. The number of rotatable bonds is 2. The van der Waals surface area contributed by atoms with Gasteiger partial charge >= 0.3 is 0 Å². The second-order valence-corrected chi connectivity index (χ2v) is 5.36. The Morgan fingerprint density at radius 2 is 2.00 bits per heavy atom. The maximum absolute atomic E-state index is 11.4. The number of aliphatic imine (C=N–C) groups is 1. The molecule has 0 bridgehead atoms. The molecule has 96 valence electrons. The summed E-state index contributed by atoms with van der Waals surface area (Å²) in [5.74, 6) is 1.55. The lowest BCUT2D eigenvalue weighted by Gasteiger charge is -2.29. The first-order valence-electron chi connectivity index (χ1n) is 6.74. The molecule has 0 spiro atoms. The second-order valence-electron chi connectivity index (χ2n) is 5.36. The van der Waals surface area contributed by atoms with Crippen molar-refractivity contribution in [3.8, 4) is 0 Å². The topological polar surface area (TPSA) is 58.7 Å². The van der Waals surface area contributed by atoms with Crippen molar-refractivity contribution in [3.63, 3.8) is 0 Å². The zero-order chi connectivity index (χ0) is 12.3. The van der Waals surface area contributed by atoms with E-state index in [1.54, 1.807) is 4.90 Å². The van der Waals surface area contributed by atoms with Crippen LogP contribution in [0.4, 0.5) is 0 Å². The molecule has 4 nitrogen and oxygen atoms in total. The second kappa shape index (κ2) is 5.52. The fourth-order valence-corrected chi connectivity index (χ4v) is 2.81. The molecular formula is C13H23N3O. The Hall–Kier alpha value is -1.06. The molecule has 1 aliphatic carbocycles. The molecular weight excluding hydrogens is 214 g/mol. The summed E-state index contributed by atoms with van der Waals surface area (Å²) in [6.07, 6.45) is 7.76. The number of amides is 1. The monoisotopic (exact) mass is 237 g/mol. The lowest BCUT2D eigenvalue weighted by molar-refractivity contribution is -0.132. The third kappa shape index (κ3) is 3.20. The van der Waals surface area contributed by atoms with Crippen LogP contribution in [-0.4, -0.2) is 36.3 Å². The molecule has 2 aliphatic rings. The Labute approximate surface area is 103 Å². The Morgan fingerprint density at radius 3 is 2.65 bits per heavy atom. The van der Waals surface area contributed by atoms with Gasteiger partial charge in [0, 0.05) is 25.9 Å². The van der Waals surface area contributed by atoms with E-state index in [0.717, 1.165) is 18.8 Å². The van der Waals surface area contributed by atoms with Crippen molar-refractivity contribution in [1.29, 1.82) is 0 Å². The molecule has 2 N–H and O–H groups in total. The van der Waals surface area contributed by atoms with Gasteiger partial charge in [0.2, 0.25) is 5.91 Å². The number of carbonyl (C=O) groups excluding carboxylic acids is 1. The van der Waals surface area contributed by atoms with E-state index in [1.165, 1.54) is 32.1 Å². The van der Waals surface area contributed by atoms with Gasteiger partial charge in [0.1, 0.15) is 0 Å². The van der Waals surface area contributed by atoms with Crippen LogP contribution in [0.5, 0.6) is 0 Å². The number of piperidine rings is 1. The molecule has 1 saturated heterocycles. The first-order chi connectivity index (χ1) is 8.16. The highest BCUT2D eigenvalue weighted by atomic mass is 16.2. The number of likely N-dealkylation sites (N-methyl/N-ethyl adjacent to an activating group) is 1. The smallest absolute Gasteiger partial charge is 0.222 e. The van der Waals surface area contributed by atoms with E-state index in [-0.39, 0.29) is 11.9 Å². The summed E-state index contributed by atoms with van der Waals surface area (Å²) in [6, 6.07) is 0.222. The van der Waals surface area contributed by atoms with Gasteiger partial charge in [0.25, 0.3) is 0 Å². The van der Waals surface area contributed by atoms with Gasteiger partial charge in [-0.15, -0.1) is 0 Å². The van der Waals surface area contributed by atoms with Crippen molar-refractivity contribution >= 4 is 11.7 Å². The van der Waals surface area contributed by atoms with Crippen LogP contribution >= 0.6 is 0 Å². The third-order valence-corrected chi connectivity index (χ3v) is 3.96. The Bertz CT molecular complexity index is 308. The average molecular weight is 237 g/mol. The Morgan fingerprint density at radius 1 is 1.29 bits per heavy atom. The van der Waals surface area contributed by atoms with Crippen LogP contribution in [0, 0.1) is 5.92 Å². The van der Waals surface area contributed by atoms with E-state index in [0.29, 0.717) is 12.3 Å². The van der Waals surface area contributed by atoms with Gasteiger partial charge in [0.15, 0.2) is 0 Å².